The van der Waals surface area contributed by atoms with E-state index in [9.17, 15) is 0 Å². The van der Waals surface area contributed by atoms with Gasteiger partial charge in [-0.3, -0.25) is 0 Å². The highest BCUT2D eigenvalue weighted by Crippen LogP contribution is 2.42. The third-order valence-electron chi connectivity index (χ3n) is 9.93. The molecular weight excluding hydrogens is 799 g/mol. The number of rotatable bonds is 14. The van der Waals surface area contributed by atoms with E-state index >= 15 is 0 Å². The summed E-state index contributed by atoms with van der Waals surface area (Å²) in [6.07, 6.45) is 5.22. The van der Waals surface area contributed by atoms with E-state index in [0.717, 1.165) is 104 Å². The predicted octanol–water partition coefficient (Wildman–Crippen LogP) is 9.69. The molecule has 7 rings (SSSR count). The van der Waals surface area contributed by atoms with Crippen LogP contribution >= 0.6 is 23.2 Å². The van der Waals surface area contributed by atoms with Crippen LogP contribution in [0.4, 0.5) is 11.9 Å². The quantitative estimate of drug-likeness (QED) is 0.107. The molecule has 1 aliphatic rings. The first-order chi connectivity index (χ1) is 29.2. The second kappa shape index (κ2) is 19.6. The number of anilines is 2. The summed E-state index contributed by atoms with van der Waals surface area (Å²) >= 11 is 12.7. The lowest BCUT2D eigenvalue weighted by Crippen LogP contribution is -2.11. The van der Waals surface area contributed by atoms with E-state index in [1.165, 1.54) is 0 Å². The molecule has 0 saturated carbocycles. The van der Waals surface area contributed by atoms with Crippen LogP contribution in [0, 0.1) is 0 Å². The lowest BCUT2D eigenvalue weighted by molar-refractivity contribution is 0.304. The molecule has 0 fully saturated rings. The highest BCUT2D eigenvalue weighted by Gasteiger charge is 2.25. The minimum Gasteiger partial charge on any atom is -0.493 e. The Labute approximate surface area is 361 Å². The van der Waals surface area contributed by atoms with Gasteiger partial charge in [-0.25, -0.2) is 0 Å². The first-order valence-corrected chi connectivity index (χ1v) is 21.3. The Morgan fingerprint density at radius 3 is 0.983 bits per heavy atom. The molecule has 12 nitrogen and oxygen atoms in total. The highest BCUT2D eigenvalue weighted by molar-refractivity contribution is 6.28. The van der Waals surface area contributed by atoms with Gasteiger partial charge in [-0.05, 0) is 118 Å². The van der Waals surface area contributed by atoms with E-state index in [-0.39, 0.29) is 22.5 Å². The maximum absolute atomic E-state index is 6.71. The summed E-state index contributed by atoms with van der Waals surface area (Å²) in [5, 5.41) is 0.0333. The van der Waals surface area contributed by atoms with Crippen LogP contribution in [0.5, 0.6) is 23.0 Å². The molecule has 0 amide bonds. The van der Waals surface area contributed by atoms with Crippen molar-refractivity contribution in [2.24, 2.45) is 0 Å². The number of para-hydroxylation sites is 2. The first-order valence-electron chi connectivity index (χ1n) is 20.6. The highest BCUT2D eigenvalue weighted by atomic mass is 35.5. The van der Waals surface area contributed by atoms with Crippen molar-refractivity contribution in [1.29, 1.82) is 0 Å². The lowest BCUT2D eigenvalue weighted by atomic mass is 9.89. The van der Waals surface area contributed by atoms with Crippen molar-refractivity contribution in [2.45, 2.75) is 79.1 Å². The van der Waals surface area contributed by atoms with Crippen LogP contribution in [0.3, 0.4) is 0 Å². The Morgan fingerprint density at radius 1 is 0.433 bits per heavy atom. The molecule has 14 heteroatoms. The van der Waals surface area contributed by atoms with E-state index in [2.05, 4.69) is 118 Å². The van der Waals surface area contributed by atoms with E-state index in [1.54, 1.807) is 0 Å². The topological polar surface area (TPSA) is 166 Å². The Balaban J connectivity index is 1.54. The van der Waals surface area contributed by atoms with Crippen LogP contribution in [0.15, 0.2) is 60.7 Å². The monoisotopic (exact) mass is 848 g/mol. The molecule has 60 heavy (non-hydrogen) atoms. The maximum atomic E-state index is 6.71. The van der Waals surface area contributed by atoms with Crippen LogP contribution in [0.1, 0.15) is 97.9 Å². The van der Waals surface area contributed by atoms with Crippen molar-refractivity contribution in [3.05, 3.63) is 116 Å². The molecule has 4 N–H and O–H groups in total. The summed E-state index contributed by atoms with van der Waals surface area (Å²) < 4.78 is 26.8. The van der Waals surface area contributed by atoms with Crippen LogP contribution in [0.25, 0.3) is 22.8 Å². The van der Waals surface area contributed by atoms with Crippen molar-refractivity contribution >= 4 is 35.1 Å². The van der Waals surface area contributed by atoms with E-state index in [1.807, 2.05) is 0 Å². The van der Waals surface area contributed by atoms with Crippen LogP contribution in [0.2, 0.25) is 10.6 Å². The third kappa shape index (κ3) is 9.83. The number of hydrogen-bond donors (Lipinski definition) is 2. The van der Waals surface area contributed by atoms with Gasteiger partial charge in [0, 0.05) is 36.8 Å². The molecule has 2 aromatic heterocycles. The Kier molecular flexibility index (Phi) is 13.8. The number of nitrogens with two attached hydrogens (primary N) is 2. The summed E-state index contributed by atoms with van der Waals surface area (Å²) in [4.78, 5) is 26.1. The van der Waals surface area contributed by atoms with Gasteiger partial charge in [0.25, 0.3) is 0 Å². The fourth-order valence-electron chi connectivity index (χ4n) is 7.49. The van der Waals surface area contributed by atoms with Gasteiger partial charge >= 0.3 is 0 Å². The van der Waals surface area contributed by atoms with Crippen LogP contribution < -0.4 is 30.4 Å². The van der Waals surface area contributed by atoms with Crippen molar-refractivity contribution in [1.82, 2.24) is 29.9 Å². The average molecular weight is 850 g/mol. The maximum Gasteiger partial charge on any atom is 0.227 e. The van der Waals surface area contributed by atoms with Crippen LogP contribution in [-0.2, 0) is 25.7 Å². The molecule has 6 aromatic rings. The zero-order valence-electron chi connectivity index (χ0n) is 34.5. The van der Waals surface area contributed by atoms with E-state index in [0.29, 0.717) is 63.8 Å². The summed E-state index contributed by atoms with van der Waals surface area (Å²) in [5.41, 5.74) is 21.4. The van der Waals surface area contributed by atoms with Gasteiger partial charge in [-0.1, -0.05) is 64.1 Å². The summed E-state index contributed by atoms with van der Waals surface area (Å²) in [6.45, 7) is 10.5. The van der Waals surface area contributed by atoms with Crippen LogP contribution in [-0.4, -0.2) is 56.3 Å². The molecule has 2 heterocycles. The third-order valence-corrected chi connectivity index (χ3v) is 10.3. The normalized spacial score (nSPS) is 12.2. The number of aromatic nitrogens is 6. The first kappa shape index (κ1) is 42.4. The summed E-state index contributed by atoms with van der Waals surface area (Å²) in [6, 6.07) is 20.8. The number of fused-ring (bicyclic) bond motifs is 8. The average Bonchev–Trinajstić information content (AvgIpc) is 3.21. The second-order valence-corrected chi connectivity index (χ2v) is 15.4. The molecule has 0 unspecified atom stereocenters. The standard InChI is InChI=1S/C46H50Cl2N8O4/c1-5-15-57-37-27-11-9-12-28(37)20-32-24-36(42-52-44(48)56-46(50)54-42)26-34(40(32)60-18-8-4)22-30-14-10-13-29(38(30)58-16-6-2)21-33-25-35(41-51-43(47)55-45(49)53-41)23-31(19-27)39(33)59-17-7-3/h9-14,23-26H,5-8,15-22H2,1-4H3,(H2,49,51,53,55)(H2,50,52,54,56). The largest absolute Gasteiger partial charge is 0.493 e. The Morgan fingerprint density at radius 2 is 0.717 bits per heavy atom. The van der Waals surface area contributed by atoms with Gasteiger partial charge in [0.15, 0.2) is 11.6 Å². The zero-order chi connectivity index (χ0) is 42.2. The van der Waals surface area contributed by atoms with Gasteiger partial charge in [-0.15, -0.1) is 0 Å². The summed E-state index contributed by atoms with van der Waals surface area (Å²) in [7, 11) is 0. The van der Waals surface area contributed by atoms with Gasteiger partial charge in [-0.2, -0.15) is 29.9 Å². The van der Waals surface area contributed by atoms with Gasteiger partial charge < -0.3 is 30.4 Å². The zero-order valence-corrected chi connectivity index (χ0v) is 36.0. The van der Waals surface area contributed by atoms with Crippen molar-refractivity contribution in [3.63, 3.8) is 0 Å². The number of ether oxygens (including phenoxy) is 4. The number of nitrogen functional groups attached to an aromatic ring is 2. The molecule has 0 radical (unpaired) electrons. The van der Waals surface area contributed by atoms with Gasteiger partial charge in [0.05, 0.1) is 26.4 Å². The Bertz CT molecular complexity index is 2180. The molecule has 0 saturated heterocycles. The predicted molar refractivity (Wildman–Crippen MR) is 237 cm³/mol. The molecule has 4 aromatic carbocycles. The minimum absolute atomic E-state index is 0.0166. The van der Waals surface area contributed by atoms with Gasteiger partial charge in [0.2, 0.25) is 22.5 Å². The van der Waals surface area contributed by atoms with Crippen molar-refractivity contribution < 1.29 is 18.9 Å². The summed E-state index contributed by atoms with van der Waals surface area (Å²) in [5.74, 6) is 4.00. The SMILES string of the molecule is CCCOc1c2cccc1Cc1cc(-c3nc(N)nc(Cl)n3)cc(c1OCCC)Cc1cccc(c1OCCC)Cc1cc(-c3nc(N)nc(Cl)n3)cc(c1OCCC)C2. The fourth-order valence-corrected chi connectivity index (χ4v) is 7.83. The van der Waals surface area contributed by atoms with Gasteiger partial charge in [0.1, 0.15) is 23.0 Å². The second-order valence-electron chi connectivity index (χ2n) is 14.7. The smallest absolute Gasteiger partial charge is 0.227 e. The molecule has 0 aliphatic heterocycles. The molecule has 312 valence electrons. The van der Waals surface area contributed by atoms with E-state index in [4.69, 9.17) is 53.6 Å². The molecule has 0 spiro atoms. The van der Waals surface area contributed by atoms with Crippen molar-refractivity contribution in [2.75, 3.05) is 37.9 Å². The number of benzene rings is 4. The number of hydrogen-bond acceptors (Lipinski definition) is 12. The molecule has 8 bridgehead atoms. The fraction of sp³-hybridized carbons (Fsp3) is 0.348. The van der Waals surface area contributed by atoms with E-state index < -0.39 is 0 Å². The van der Waals surface area contributed by atoms with Crippen molar-refractivity contribution in [3.8, 4) is 45.8 Å². The lowest BCUT2D eigenvalue weighted by Gasteiger charge is -2.23. The number of nitrogens with zero attached hydrogens (tertiary/aromatic N) is 6. The Hall–Kier alpha value is -5.72. The number of halogens is 2. The minimum atomic E-state index is 0.0166. The molecule has 0 atom stereocenters. The molecule has 1 aliphatic carbocycles. The molecular formula is C46H50Cl2N8O4.